The van der Waals surface area contributed by atoms with Crippen molar-refractivity contribution < 1.29 is 33.2 Å². The van der Waals surface area contributed by atoms with Gasteiger partial charge in [0.2, 0.25) is 11.8 Å². The number of nitrogens with two attached hydrogens (primary N) is 1. The van der Waals surface area contributed by atoms with Crippen LogP contribution in [0.5, 0.6) is 5.88 Å². The molecule has 0 radical (unpaired) electrons. The summed E-state index contributed by atoms with van der Waals surface area (Å²) in [5.41, 5.74) is 7.60. The van der Waals surface area contributed by atoms with Crippen molar-refractivity contribution in [3.8, 4) is 5.88 Å². The molecule has 4 N–H and O–H groups in total. The fourth-order valence-corrected chi connectivity index (χ4v) is 9.85. The first-order valence-corrected chi connectivity index (χ1v) is 17.2. The normalized spacial score (nSPS) is 29.8. The molecule has 2 fully saturated rings. The number of aliphatic hydroxyl groups is 1. The van der Waals surface area contributed by atoms with E-state index in [0.29, 0.717) is 24.0 Å². The third kappa shape index (κ3) is 5.76. The Kier molecular flexibility index (Phi) is 8.45. The fraction of sp³-hybridized carbons (Fsp3) is 0.556. The largest absolute Gasteiger partial charge is 0.479 e. The molecule has 1 saturated heterocycles. The number of nitrogens with one attached hydrogen (secondary N) is 1. The van der Waals surface area contributed by atoms with Crippen molar-refractivity contribution in [2.75, 3.05) is 19.5 Å². The summed E-state index contributed by atoms with van der Waals surface area (Å²) in [6.45, 7) is -1.92. The zero-order valence-corrected chi connectivity index (χ0v) is 25.1. The van der Waals surface area contributed by atoms with E-state index in [2.05, 4.69) is 20.0 Å². The van der Waals surface area contributed by atoms with E-state index in [1.54, 1.807) is 10.9 Å². The zero-order chi connectivity index (χ0) is 29.4. The number of nitrogen functional groups attached to an aromatic ring is 1. The summed E-state index contributed by atoms with van der Waals surface area (Å²) >= 11 is 1.06. The topological polar surface area (TPSA) is 173 Å². The minimum Gasteiger partial charge on any atom is -0.479 e. The number of nitrogens with zero attached hydrogens (tertiary/aromatic N) is 4. The molecular weight excluding hydrogens is 583 g/mol. The predicted molar refractivity (Wildman–Crippen MR) is 155 cm³/mol. The Balaban J connectivity index is 1.21. The molecule has 4 heterocycles. The zero-order valence-electron chi connectivity index (χ0n) is 23.4. The van der Waals surface area contributed by atoms with Gasteiger partial charge in [-0.05, 0) is 55.1 Å². The quantitative estimate of drug-likeness (QED) is 0.247. The van der Waals surface area contributed by atoms with E-state index in [0.717, 1.165) is 47.5 Å². The van der Waals surface area contributed by atoms with Gasteiger partial charge in [0, 0.05) is 17.2 Å². The van der Waals surface area contributed by atoms with Gasteiger partial charge in [0.1, 0.15) is 24.5 Å². The highest BCUT2D eigenvalue weighted by Gasteiger charge is 2.46. The number of aromatic nitrogens is 4. The van der Waals surface area contributed by atoms with Gasteiger partial charge < -0.3 is 29.6 Å². The molecular formula is C27H35N6O7PS. The van der Waals surface area contributed by atoms with Gasteiger partial charge in [-0.2, -0.15) is 9.97 Å². The van der Waals surface area contributed by atoms with Crippen molar-refractivity contribution in [2.45, 2.75) is 80.9 Å². The summed E-state index contributed by atoms with van der Waals surface area (Å²) in [6, 6.07) is 6.68. The van der Waals surface area contributed by atoms with Crippen LogP contribution in [0.4, 0.5) is 5.95 Å². The average Bonchev–Trinajstić information content (AvgIpc) is 3.68. The number of hydrogen-bond acceptors (Lipinski definition) is 12. The molecule has 6 atom stereocenters. The molecule has 42 heavy (non-hydrogen) atoms. The molecule has 3 aromatic rings. The van der Waals surface area contributed by atoms with Gasteiger partial charge in [-0.1, -0.05) is 25.1 Å². The van der Waals surface area contributed by atoms with Crippen molar-refractivity contribution in [3.05, 3.63) is 36.2 Å². The molecule has 6 unspecified atom stereocenters. The van der Waals surface area contributed by atoms with Gasteiger partial charge in [-0.3, -0.25) is 13.9 Å². The Morgan fingerprint density at radius 3 is 2.83 bits per heavy atom. The number of fused-ring (bicyclic) bond motifs is 2. The third-order valence-electron chi connectivity index (χ3n) is 8.05. The Labute approximate surface area is 247 Å². The molecule has 13 nitrogen and oxygen atoms in total. The summed E-state index contributed by atoms with van der Waals surface area (Å²) in [7, 11) is 1.47. The maximum atomic E-state index is 14.2. The Morgan fingerprint density at radius 2 is 2.07 bits per heavy atom. The number of benzene rings is 1. The van der Waals surface area contributed by atoms with Gasteiger partial charge in [-0.25, -0.2) is 10.1 Å². The molecule has 3 aliphatic rings. The number of methoxy groups -OCH3 is 1. The molecule has 1 aliphatic carbocycles. The lowest BCUT2D eigenvalue weighted by Crippen LogP contribution is -2.39. The lowest BCUT2D eigenvalue weighted by Gasteiger charge is -2.24. The van der Waals surface area contributed by atoms with Crippen molar-refractivity contribution >= 4 is 41.2 Å². The molecule has 2 aliphatic heterocycles. The SMILES string of the molecule is CCC1C(O)C(COP2(=O)NC(C(=O)OC3CCCC3)Cc3ccccc3S2)OC1n1cnc2c(OC)nc(N)nc21. The predicted octanol–water partition coefficient (Wildman–Crippen LogP) is 3.62. The van der Waals surface area contributed by atoms with Crippen LogP contribution in [0.2, 0.25) is 0 Å². The molecule has 15 heteroatoms. The molecule has 0 spiro atoms. The highest BCUT2D eigenvalue weighted by Crippen LogP contribution is 2.62. The number of hydrogen-bond donors (Lipinski definition) is 3. The summed E-state index contributed by atoms with van der Waals surface area (Å²) in [5.74, 6) is -0.527. The van der Waals surface area contributed by atoms with E-state index in [1.165, 1.54) is 7.11 Å². The minimum atomic E-state index is -3.69. The van der Waals surface area contributed by atoms with Crippen LogP contribution < -0.4 is 15.6 Å². The molecule has 2 aromatic heterocycles. The lowest BCUT2D eigenvalue weighted by atomic mass is 9.97. The van der Waals surface area contributed by atoms with Crippen LogP contribution in [-0.4, -0.2) is 68.7 Å². The summed E-state index contributed by atoms with van der Waals surface area (Å²) in [4.78, 5) is 26.7. The fourth-order valence-electron chi connectivity index (χ4n) is 5.89. The molecule has 1 aromatic carbocycles. The van der Waals surface area contributed by atoms with E-state index in [9.17, 15) is 14.5 Å². The number of carbonyl (C=O) groups is 1. The van der Waals surface area contributed by atoms with E-state index >= 15 is 0 Å². The molecule has 0 bridgehead atoms. The number of rotatable bonds is 8. The first-order valence-electron chi connectivity index (χ1n) is 14.2. The number of ether oxygens (including phenoxy) is 3. The van der Waals surface area contributed by atoms with Crippen molar-refractivity contribution in [3.63, 3.8) is 0 Å². The minimum absolute atomic E-state index is 0.0171. The van der Waals surface area contributed by atoms with Crippen LogP contribution in [0, 0.1) is 5.92 Å². The van der Waals surface area contributed by atoms with Crippen LogP contribution in [0.3, 0.4) is 0 Å². The molecule has 1 saturated carbocycles. The van der Waals surface area contributed by atoms with E-state index in [4.69, 9.17) is 24.5 Å². The smallest absolute Gasteiger partial charge is 0.332 e. The van der Waals surface area contributed by atoms with Crippen LogP contribution in [0.15, 0.2) is 35.5 Å². The Bertz CT molecular complexity index is 1500. The van der Waals surface area contributed by atoms with Gasteiger partial charge in [-0.15, -0.1) is 0 Å². The number of esters is 1. The monoisotopic (exact) mass is 618 g/mol. The van der Waals surface area contributed by atoms with Gasteiger partial charge >= 0.3 is 12.7 Å². The summed E-state index contributed by atoms with van der Waals surface area (Å²) in [6.07, 6.45) is 3.69. The van der Waals surface area contributed by atoms with Gasteiger partial charge in [0.25, 0.3) is 0 Å². The second-order valence-corrected chi connectivity index (χ2v) is 14.9. The van der Waals surface area contributed by atoms with Crippen molar-refractivity contribution in [1.82, 2.24) is 24.6 Å². The third-order valence-corrected chi connectivity index (χ3v) is 11.9. The first kappa shape index (κ1) is 29.3. The molecule has 0 amide bonds. The van der Waals surface area contributed by atoms with Crippen LogP contribution >= 0.6 is 18.1 Å². The van der Waals surface area contributed by atoms with Crippen LogP contribution in [-0.2, 0) is 29.8 Å². The standard InChI is InChI=1S/C27H35N6O7PS/c1-3-17-22(34)19(40-25(17)33-14-29-21-23(33)30-27(28)31-24(21)37-2)13-38-41(36)32-18(26(35)39-16-9-5-6-10-16)12-15-8-4-7-11-20(15)42-41/h4,7-8,11,14,16-19,22,25,34H,3,5-6,9-10,12-13H2,1-2H3,(H,32,36)(H2,28,30,31). The highest BCUT2D eigenvalue weighted by atomic mass is 32.7. The summed E-state index contributed by atoms with van der Waals surface area (Å²) < 4.78 is 39.3. The van der Waals surface area contributed by atoms with Crippen molar-refractivity contribution in [2.24, 2.45) is 5.92 Å². The Hall–Kier alpha value is -2.74. The molecule has 6 rings (SSSR count). The number of aliphatic hydroxyl groups excluding tert-OH is 1. The highest BCUT2D eigenvalue weighted by molar-refractivity contribution is 8.56. The number of anilines is 1. The van der Waals surface area contributed by atoms with E-state index < -0.39 is 37.2 Å². The molecule has 226 valence electrons. The van der Waals surface area contributed by atoms with Crippen LogP contribution in [0.1, 0.15) is 50.8 Å². The van der Waals surface area contributed by atoms with Gasteiger partial charge in [0.15, 0.2) is 11.2 Å². The summed E-state index contributed by atoms with van der Waals surface area (Å²) in [5, 5.41) is 14.2. The second kappa shape index (κ2) is 12.1. The first-order chi connectivity index (χ1) is 20.3. The second-order valence-electron chi connectivity index (χ2n) is 10.8. The van der Waals surface area contributed by atoms with Gasteiger partial charge in [0.05, 0.1) is 26.1 Å². The number of imidazole rings is 1. The van der Waals surface area contributed by atoms with E-state index in [-0.39, 0.29) is 30.5 Å². The van der Waals surface area contributed by atoms with E-state index in [1.807, 2.05) is 31.2 Å². The maximum absolute atomic E-state index is 14.2. The average molecular weight is 619 g/mol. The number of carbonyl (C=O) groups excluding carboxylic acids is 1. The maximum Gasteiger partial charge on any atom is 0.332 e. The Morgan fingerprint density at radius 1 is 1.29 bits per heavy atom. The lowest BCUT2D eigenvalue weighted by molar-refractivity contribution is -0.150. The van der Waals surface area contributed by atoms with Crippen LogP contribution in [0.25, 0.3) is 11.2 Å². The van der Waals surface area contributed by atoms with Crippen molar-refractivity contribution in [1.29, 1.82) is 0 Å².